The third-order valence-electron chi connectivity index (χ3n) is 2.59. The lowest BCUT2D eigenvalue weighted by Gasteiger charge is -2.29. The molecule has 0 N–H and O–H groups in total. The molecule has 0 atom stereocenters. The molecule has 0 aliphatic carbocycles. The van der Waals surface area contributed by atoms with Gasteiger partial charge in [0.15, 0.2) is 0 Å². The molecular weight excluding hydrogens is 289 g/mol. The van der Waals surface area contributed by atoms with Gasteiger partial charge < -0.3 is 4.90 Å². The van der Waals surface area contributed by atoms with Crippen LogP contribution in [0.15, 0.2) is 12.1 Å². The van der Waals surface area contributed by atoms with Crippen LogP contribution in [-0.4, -0.2) is 17.5 Å². The summed E-state index contributed by atoms with van der Waals surface area (Å²) in [6.45, 7) is 4.34. The fourth-order valence-corrected chi connectivity index (χ4v) is 2.42. The normalized spacial score (nSPS) is 10.3. The van der Waals surface area contributed by atoms with Crippen LogP contribution in [0.3, 0.4) is 0 Å². The zero-order valence-corrected chi connectivity index (χ0v) is 12.1. The highest BCUT2D eigenvalue weighted by atomic mass is 35.5. The van der Waals surface area contributed by atoms with Gasteiger partial charge in [-0.3, -0.25) is 10.1 Å². The predicted octanol–water partition coefficient (Wildman–Crippen LogP) is 4.03. The molecule has 19 heavy (non-hydrogen) atoms. The number of halogens is 2. The second kappa shape index (κ2) is 6.60. The summed E-state index contributed by atoms with van der Waals surface area (Å²) in [4.78, 5) is 12.0. The maximum absolute atomic E-state index is 10.7. The fourth-order valence-electron chi connectivity index (χ4n) is 1.73. The van der Waals surface area contributed by atoms with Crippen molar-refractivity contribution in [2.24, 2.45) is 0 Å². The van der Waals surface area contributed by atoms with Crippen molar-refractivity contribution >= 4 is 34.6 Å². The molecule has 0 amide bonds. The summed E-state index contributed by atoms with van der Waals surface area (Å²) in [5, 5.41) is 19.8. The first-order chi connectivity index (χ1) is 8.88. The highest BCUT2D eigenvalue weighted by Gasteiger charge is 2.21. The molecule has 0 unspecified atom stereocenters. The van der Waals surface area contributed by atoms with Crippen LogP contribution in [0.2, 0.25) is 10.0 Å². The Hall–Kier alpha value is -1.51. The van der Waals surface area contributed by atoms with Crippen molar-refractivity contribution in [3.05, 3.63) is 32.3 Å². The molecule has 0 spiro atoms. The molecule has 0 aliphatic rings. The van der Waals surface area contributed by atoms with Gasteiger partial charge in [-0.2, -0.15) is 5.26 Å². The van der Waals surface area contributed by atoms with Gasteiger partial charge >= 0.3 is 0 Å². The Balaban J connectivity index is 3.24. The standard InChI is InChI=1S/C12H13Cl2N3O2/c1-8(2)16(5-3-4-15)12-10(13)6-9(17(18)19)7-11(12)14/h6-8H,3,5H2,1-2H3. The molecule has 7 heteroatoms. The largest absolute Gasteiger partial charge is 0.366 e. The summed E-state index contributed by atoms with van der Waals surface area (Å²) < 4.78 is 0. The molecule has 0 saturated heterocycles. The Morgan fingerprint density at radius 3 is 2.32 bits per heavy atom. The van der Waals surface area contributed by atoms with E-state index in [0.29, 0.717) is 18.7 Å². The number of nitro groups is 1. The quantitative estimate of drug-likeness (QED) is 0.608. The van der Waals surface area contributed by atoms with Gasteiger partial charge in [-0.15, -0.1) is 0 Å². The minimum Gasteiger partial charge on any atom is -0.366 e. The molecule has 1 rings (SSSR count). The van der Waals surface area contributed by atoms with Crippen molar-refractivity contribution in [3.8, 4) is 6.07 Å². The van der Waals surface area contributed by atoms with E-state index in [-0.39, 0.29) is 21.8 Å². The molecule has 0 aromatic heterocycles. The lowest BCUT2D eigenvalue weighted by Crippen LogP contribution is -2.32. The van der Waals surface area contributed by atoms with Crippen LogP contribution in [0, 0.1) is 21.4 Å². The van der Waals surface area contributed by atoms with Crippen molar-refractivity contribution in [2.75, 3.05) is 11.4 Å². The van der Waals surface area contributed by atoms with Gasteiger partial charge in [-0.25, -0.2) is 0 Å². The fraction of sp³-hybridized carbons (Fsp3) is 0.417. The number of nitriles is 1. The molecule has 0 bridgehead atoms. The highest BCUT2D eigenvalue weighted by Crippen LogP contribution is 2.38. The van der Waals surface area contributed by atoms with E-state index in [1.54, 1.807) is 0 Å². The first-order valence-electron chi connectivity index (χ1n) is 5.65. The molecule has 102 valence electrons. The molecule has 0 saturated carbocycles. The van der Waals surface area contributed by atoms with Gasteiger partial charge in [0.1, 0.15) is 0 Å². The smallest absolute Gasteiger partial charge is 0.272 e. The maximum Gasteiger partial charge on any atom is 0.272 e. The number of nitrogens with zero attached hydrogens (tertiary/aromatic N) is 3. The monoisotopic (exact) mass is 301 g/mol. The van der Waals surface area contributed by atoms with E-state index in [9.17, 15) is 10.1 Å². The molecule has 0 aliphatic heterocycles. The molecular formula is C12H13Cl2N3O2. The van der Waals surface area contributed by atoms with Crippen molar-refractivity contribution in [3.63, 3.8) is 0 Å². The molecule has 1 aromatic carbocycles. The first-order valence-corrected chi connectivity index (χ1v) is 6.41. The lowest BCUT2D eigenvalue weighted by molar-refractivity contribution is -0.384. The number of rotatable bonds is 5. The Bertz CT molecular complexity index is 503. The Morgan fingerprint density at radius 1 is 1.42 bits per heavy atom. The van der Waals surface area contributed by atoms with Crippen LogP contribution in [0.25, 0.3) is 0 Å². The van der Waals surface area contributed by atoms with E-state index in [4.69, 9.17) is 28.5 Å². The Kier molecular flexibility index (Phi) is 5.40. The van der Waals surface area contributed by atoms with Crippen LogP contribution in [0.1, 0.15) is 20.3 Å². The first kappa shape index (κ1) is 15.5. The van der Waals surface area contributed by atoms with E-state index < -0.39 is 4.92 Å². The van der Waals surface area contributed by atoms with Crippen molar-refractivity contribution in [2.45, 2.75) is 26.3 Å². The third-order valence-corrected chi connectivity index (χ3v) is 3.16. The maximum atomic E-state index is 10.7. The van der Waals surface area contributed by atoms with E-state index >= 15 is 0 Å². The third kappa shape index (κ3) is 3.72. The number of benzene rings is 1. The summed E-state index contributed by atoms with van der Waals surface area (Å²) in [6.07, 6.45) is 0.321. The molecule has 1 aromatic rings. The van der Waals surface area contributed by atoms with Crippen LogP contribution in [-0.2, 0) is 0 Å². The Morgan fingerprint density at radius 2 is 1.95 bits per heavy atom. The number of non-ortho nitro benzene ring substituents is 1. The van der Waals surface area contributed by atoms with Crippen molar-refractivity contribution in [1.29, 1.82) is 5.26 Å². The van der Waals surface area contributed by atoms with Gasteiger partial charge in [-0.1, -0.05) is 23.2 Å². The van der Waals surface area contributed by atoms with Crippen molar-refractivity contribution in [1.82, 2.24) is 0 Å². The minimum atomic E-state index is -0.545. The van der Waals surface area contributed by atoms with Gasteiger partial charge in [0.05, 0.1) is 33.1 Å². The number of anilines is 1. The topological polar surface area (TPSA) is 70.2 Å². The van der Waals surface area contributed by atoms with Gasteiger partial charge in [0.25, 0.3) is 5.69 Å². The summed E-state index contributed by atoms with van der Waals surface area (Å²) in [7, 11) is 0. The zero-order valence-electron chi connectivity index (χ0n) is 10.6. The summed E-state index contributed by atoms with van der Waals surface area (Å²) in [5.74, 6) is 0. The number of hydrogen-bond donors (Lipinski definition) is 0. The minimum absolute atomic E-state index is 0.0739. The second-order valence-corrected chi connectivity index (χ2v) is 5.02. The Labute approximate surface area is 121 Å². The highest BCUT2D eigenvalue weighted by molar-refractivity contribution is 6.39. The van der Waals surface area contributed by atoms with E-state index in [1.165, 1.54) is 12.1 Å². The summed E-state index contributed by atoms with van der Waals surface area (Å²) >= 11 is 12.2. The number of hydrogen-bond acceptors (Lipinski definition) is 4. The van der Waals surface area contributed by atoms with E-state index in [1.807, 2.05) is 18.7 Å². The molecule has 0 heterocycles. The lowest BCUT2D eigenvalue weighted by atomic mass is 10.2. The van der Waals surface area contributed by atoms with Crippen LogP contribution in [0.4, 0.5) is 11.4 Å². The predicted molar refractivity (Wildman–Crippen MR) is 75.8 cm³/mol. The summed E-state index contributed by atoms with van der Waals surface area (Å²) in [5.41, 5.74) is 0.377. The zero-order chi connectivity index (χ0) is 14.6. The van der Waals surface area contributed by atoms with Gasteiger partial charge in [0.2, 0.25) is 0 Å². The van der Waals surface area contributed by atoms with Crippen LogP contribution < -0.4 is 4.90 Å². The molecule has 5 nitrogen and oxygen atoms in total. The molecule has 0 fully saturated rings. The second-order valence-electron chi connectivity index (χ2n) is 4.21. The number of nitro benzene ring substituents is 1. The van der Waals surface area contributed by atoms with E-state index in [0.717, 1.165) is 0 Å². The SMILES string of the molecule is CC(C)N(CCC#N)c1c(Cl)cc([N+](=O)[O-])cc1Cl. The molecule has 0 radical (unpaired) electrons. The average molecular weight is 302 g/mol. The van der Waals surface area contributed by atoms with Crippen LogP contribution in [0.5, 0.6) is 0 Å². The van der Waals surface area contributed by atoms with Crippen molar-refractivity contribution < 1.29 is 4.92 Å². The van der Waals surface area contributed by atoms with Gasteiger partial charge in [0, 0.05) is 24.7 Å². The summed E-state index contributed by atoms with van der Waals surface area (Å²) in [6, 6.07) is 4.67. The van der Waals surface area contributed by atoms with E-state index in [2.05, 4.69) is 6.07 Å². The average Bonchev–Trinajstić information content (AvgIpc) is 2.31. The van der Waals surface area contributed by atoms with Gasteiger partial charge in [-0.05, 0) is 13.8 Å². The van der Waals surface area contributed by atoms with Crippen LogP contribution >= 0.6 is 23.2 Å².